The number of carbonyl (C=O) groups is 3. The van der Waals surface area contributed by atoms with Crippen LogP contribution in [0.2, 0.25) is 0 Å². The van der Waals surface area contributed by atoms with Gasteiger partial charge in [-0.3, -0.25) is 19.5 Å². The average Bonchev–Trinajstić information content (AvgIpc) is 3.11. The summed E-state index contributed by atoms with van der Waals surface area (Å²) < 4.78 is 27.0. The lowest BCUT2D eigenvalue weighted by Crippen LogP contribution is -2.48. The number of ketones is 1. The van der Waals surface area contributed by atoms with Crippen molar-refractivity contribution < 1.29 is 33.4 Å². The maximum absolute atomic E-state index is 15.0. The Morgan fingerprint density at radius 2 is 1.76 bits per heavy atom. The summed E-state index contributed by atoms with van der Waals surface area (Å²) >= 11 is 0. The zero-order valence-electron chi connectivity index (χ0n) is 30.1. The summed E-state index contributed by atoms with van der Waals surface area (Å²) in [5, 5.41) is 10.7. The highest BCUT2D eigenvalue weighted by Crippen LogP contribution is 2.28. The molecule has 5 atom stereocenters. The average molecular weight is 707 g/mol. The van der Waals surface area contributed by atoms with Gasteiger partial charge in [0.1, 0.15) is 23.7 Å². The predicted molar refractivity (Wildman–Crippen MR) is 192 cm³/mol. The number of hydrogen-bond donors (Lipinski definition) is 1. The third kappa shape index (κ3) is 10.9. The van der Waals surface area contributed by atoms with Gasteiger partial charge in [0.2, 0.25) is 0 Å². The molecule has 4 heterocycles. The van der Waals surface area contributed by atoms with Crippen LogP contribution in [0.5, 0.6) is 0 Å². The second-order valence-electron chi connectivity index (χ2n) is 14.1. The summed E-state index contributed by atoms with van der Waals surface area (Å²) in [5.74, 6) is -1.39. The SMILES string of the molecule is C/C(=C\c1cc(F)cc(N2CCN(CC(=O)c3cnccn3)CC2)c1)[C@H]1OC(=O)C[C@H](O)CC[C@H](C)[C@@H](OC(=O)N2CCN(C)CC2)/C=C\[C@@H]1C. The smallest absolute Gasteiger partial charge is 0.410 e. The number of halogens is 1. The highest BCUT2D eigenvalue weighted by Gasteiger charge is 2.29. The van der Waals surface area contributed by atoms with E-state index in [-0.39, 0.29) is 36.7 Å². The molecule has 0 aliphatic carbocycles. The number of Topliss-reactive ketones (excluding diaryl/α,β-unsaturated/α-hetero) is 1. The van der Waals surface area contributed by atoms with Gasteiger partial charge in [0.05, 0.1) is 25.3 Å². The number of aliphatic hydroxyl groups is 1. The van der Waals surface area contributed by atoms with Gasteiger partial charge in [0.15, 0.2) is 5.78 Å². The van der Waals surface area contributed by atoms with Crippen molar-refractivity contribution in [2.75, 3.05) is 70.9 Å². The molecule has 1 N–H and O–H groups in total. The fraction of sp³-hybridized carbons (Fsp3) is 0.553. The van der Waals surface area contributed by atoms with E-state index in [1.807, 2.05) is 52.1 Å². The van der Waals surface area contributed by atoms with Gasteiger partial charge in [0, 0.05) is 76.4 Å². The number of nitrogens with zero attached hydrogens (tertiary/aromatic N) is 6. The molecular formula is C38H51FN6O6. The zero-order chi connectivity index (χ0) is 36.5. The first-order valence-electron chi connectivity index (χ1n) is 17.9. The third-order valence-electron chi connectivity index (χ3n) is 9.96. The molecule has 5 rings (SSSR count). The van der Waals surface area contributed by atoms with Crippen LogP contribution < -0.4 is 4.90 Å². The van der Waals surface area contributed by atoms with Crippen LogP contribution in [0.1, 0.15) is 56.1 Å². The first-order chi connectivity index (χ1) is 24.4. The van der Waals surface area contributed by atoms with Crippen LogP contribution in [-0.4, -0.2) is 132 Å². The normalized spacial score (nSPS) is 26.8. The Morgan fingerprint density at radius 1 is 1.02 bits per heavy atom. The van der Waals surface area contributed by atoms with Crippen LogP contribution in [-0.2, 0) is 14.3 Å². The van der Waals surface area contributed by atoms with Gasteiger partial charge in [-0.15, -0.1) is 0 Å². The minimum atomic E-state index is -0.894. The number of benzene rings is 1. The summed E-state index contributed by atoms with van der Waals surface area (Å²) in [6.07, 6.45) is 8.39. The molecule has 1 aromatic heterocycles. The molecule has 2 fully saturated rings. The summed E-state index contributed by atoms with van der Waals surface area (Å²) in [7, 11) is 2.03. The van der Waals surface area contributed by atoms with Gasteiger partial charge in [0.25, 0.3) is 0 Å². The van der Waals surface area contributed by atoms with E-state index in [2.05, 4.69) is 24.7 Å². The molecule has 1 aromatic carbocycles. The molecule has 1 amide bonds. The number of aliphatic hydroxyl groups excluding tert-OH is 1. The lowest BCUT2D eigenvalue weighted by atomic mass is 9.91. The Morgan fingerprint density at radius 3 is 2.47 bits per heavy atom. The molecule has 13 heteroatoms. The molecule has 2 aromatic rings. The van der Waals surface area contributed by atoms with Crippen molar-refractivity contribution in [1.82, 2.24) is 24.7 Å². The molecule has 0 bridgehead atoms. The number of hydrogen-bond acceptors (Lipinski definition) is 11. The van der Waals surface area contributed by atoms with Crippen LogP contribution in [0.4, 0.5) is 14.9 Å². The summed E-state index contributed by atoms with van der Waals surface area (Å²) in [6.45, 7) is 11.2. The highest BCUT2D eigenvalue weighted by atomic mass is 19.1. The highest BCUT2D eigenvalue weighted by molar-refractivity contribution is 5.95. The number of amides is 1. The van der Waals surface area contributed by atoms with E-state index in [1.54, 1.807) is 4.90 Å². The van der Waals surface area contributed by atoms with Crippen LogP contribution in [0.15, 0.2) is 54.5 Å². The number of piperazine rings is 2. The lowest BCUT2D eigenvalue weighted by molar-refractivity contribution is -0.151. The van der Waals surface area contributed by atoms with Gasteiger partial charge >= 0.3 is 12.1 Å². The molecule has 0 spiro atoms. The van der Waals surface area contributed by atoms with Crippen molar-refractivity contribution in [3.05, 3.63) is 71.6 Å². The molecule has 2 saturated heterocycles. The maximum Gasteiger partial charge on any atom is 0.410 e. The Balaban J connectivity index is 1.29. The van der Waals surface area contributed by atoms with Crippen molar-refractivity contribution in [1.29, 1.82) is 0 Å². The molecule has 3 aliphatic heterocycles. The van der Waals surface area contributed by atoms with Crippen molar-refractivity contribution >= 4 is 29.6 Å². The molecule has 51 heavy (non-hydrogen) atoms. The fourth-order valence-electron chi connectivity index (χ4n) is 6.73. The van der Waals surface area contributed by atoms with Gasteiger partial charge in [-0.05, 0) is 68.1 Å². The molecule has 3 aliphatic rings. The van der Waals surface area contributed by atoms with Crippen LogP contribution >= 0.6 is 0 Å². The number of esters is 1. The number of likely N-dealkylation sites (N-methyl/N-ethyl adjacent to an activating group) is 1. The van der Waals surface area contributed by atoms with E-state index in [0.29, 0.717) is 68.9 Å². The monoisotopic (exact) mass is 706 g/mol. The van der Waals surface area contributed by atoms with Gasteiger partial charge in [-0.25, -0.2) is 14.2 Å². The van der Waals surface area contributed by atoms with Crippen molar-refractivity contribution in [3.63, 3.8) is 0 Å². The Kier molecular flexibility index (Phi) is 13.3. The van der Waals surface area contributed by atoms with Crippen molar-refractivity contribution in [2.24, 2.45) is 11.8 Å². The van der Waals surface area contributed by atoms with E-state index >= 15 is 4.39 Å². The molecule has 276 valence electrons. The second-order valence-corrected chi connectivity index (χ2v) is 14.1. The van der Waals surface area contributed by atoms with Crippen LogP contribution in [0.3, 0.4) is 0 Å². The lowest BCUT2D eigenvalue weighted by Gasteiger charge is -2.35. The van der Waals surface area contributed by atoms with Gasteiger partial charge in [-0.1, -0.05) is 26.0 Å². The number of carbonyl (C=O) groups excluding carboxylic acids is 3. The topological polar surface area (TPSA) is 129 Å². The number of anilines is 1. The number of rotatable bonds is 7. The summed E-state index contributed by atoms with van der Waals surface area (Å²) in [4.78, 5) is 54.8. The predicted octanol–water partition coefficient (Wildman–Crippen LogP) is 4.06. The Hall–Kier alpha value is -4.20. The van der Waals surface area contributed by atoms with E-state index in [0.717, 1.165) is 18.8 Å². The quantitative estimate of drug-likeness (QED) is 0.254. The van der Waals surface area contributed by atoms with Gasteiger partial charge < -0.3 is 29.3 Å². The minimum Gasteiger partial charge on any atom is -0.457 e. The molecule has 0 unspecified atom stereocenters. The Bertz CT molecular complexity index is 1560. The van der Waals surface area contributed by atoms with E-state index in [9.17, 15) is 19.5 Å². The van der Waals surface area contributed by atoms with E-state index in [4.69, 9.17) is 9.47 Å². The summed E-state index contributed by atoms with van der Waals surface area (Å²) in [5.41, 5.74) is 2.38. The fourth-order valence-corrected chi connectivity index (χ4v) is 6.73. The van der Waals surface area contributed by atoms with Crippen LogP contribution in [0.25, 0.3) is 6.08 Å². The molecule has 0 saturated carbocycles. The first kappa shape index (κ1) is 38.0. The van der Waals surface area contributed by atoms with Crippen molar-refractivity contribution in [3.8, 4) is 0 Å². The minimum absolute atomic E-state index is 0.0868. The molecule has 0 radical (unpaired) electrons. The van der Waals surface area contributed by atoms with Crippen molar-refractivity contribution in [2.45, 2.75) is 58.3 Å². The molecule has 12 nitrogen and oxygen atoms in total. The van der Waals surface area contributed by atoms with Crippen LogP contribution in [0, 0.1) is 17.7 Å². The standard InChI is InChI=1S/C38H51FN6O6/c1-26-5-7-32(46)23-36(48)51-37(27(2)6-8-35(26)50-38(49)45-15-11-42(4)12-16-45)28(3)19-29-20-30(39)22-31(21-29)44-17-13-43(14-18-44)25-34(47)33-24-40-9-10-41-33/h6,8-10,19-22,24,26-27,32,35,37,46H,5,7,11-18,23,25H2,1-4H3/b8-6-,28-19+/t26-,27-,32+,35-,37-/m0/s1. The second kappa shape index (κ2) is 17.8. The first-order valence-corrected chi connectivity index (χ1v) is 17.9. The molecular weight excluding hydrogens is 655 g/mol. The number of aromatic nitrogens is 2. The summed E-state index contributed by atoms with van der Waals surface area (Å²) in [6, 6.07) is 4.85. The zero-order valence-corrected chi connectivity index (χ0v) is 30.1. The number of cyclic esters (lactones) is 1. The third-order valence-corrected chi connectivity index (χ3v) is 9.96. The van der Waals surface area contributed by atoms with E-state index < -0.39 is 30.1 Å². The maximum atomic E-state index is 15.0. The largest absolute Gasteiger partial charge is 0.457 e. The van der Waals surface area contributed by atoms with E-state index in [1.165, 1.54) is 30.7 Å². The Labute approximate surface area is 299 Å². The number of ether oxygens (including phenoxy) is 2. The van der Waals surface area contributed by atoms with Gasteiger partial charge in [-0.2, -0.15) is 0 Å².